The molecule has 1 aliphatic heterocycles. The third-order valence-corrected chi connectivity index (χ3v) is 9.96. The molecule has 2 aromatic carbocycles. The molecule has 1 fully saturated rings. The number of allylic oxidation sites excluding steroid dienone is 1. The first-order valence-corrected chi connectivity index (χ1v) is 15.6. The van der Waals surface area contributed by atoms with Crippen molar-refractivity contribution in [2.75, 3.05) is 32.1 Å². The minimum absolute atomic E-state index is 0.313. The number of likely N-dealkylation sites (N-methyl/N-ethyl adjacent to an activating group) is 1. The predicted molar refractivity (Wildman–Crippen MR) is 163 cm³/mol. The van der Waals surface area contributed by atoms with Crippen LogP contribution in [0.25, 0.3) is 0 Å². The highest BCUT2D eigenvalue weighted by molar-refractivity contribution is 7.95. The second kappa shape index (κ2) is 12.7. The quantitative estimate of drug-likeness (QED) is 0.225. The number of aryl methyl sites for hydroxylation is 1. The standard InChI is InChI=1S/C32H44ClN3OS/c1-5-7-26-18-29(33)11-12-30(26)28-20-35(3)31-17-24(10-13-32(31)37-21-28)19-34-38-36(4)22(2)27-15-25(16-27)14-23-8-6-9-23/h10-13,15,17-18,22-23,27-28,34H,5-9,14,16,19-21H2,1-4H3/t22?,27-,28?/m1/s1. The van der Waals surface area contributed by atoms with Crippen molar-refractivity contribution in [3.63, 3.8) is 0 Å². The summed E-state index contributed by atoms with van der Waals surface area (Å²) in [4.78, 5) is 2.35. The Balaban J connectivity index is 1.14. The fourth-order valence-corrected chi connectivity index (χ4v) is 7.04. The van der Waals surface area contributed by atoms with Crippen LogP contribution in [0, 0.1) is 11.8 Å². The van der Waals surface area contributed by atoms with E-state index in [0.29, 0.717) is 24.5 Å². The third-order valence-electron chi connectivity index (χ3n) is 8.83. The van der Waals surface area contributed by atoms with Crippen LogP contribution in [-0.4, -0.2) is 37.6 Å². The van der Waals surface area contributed by atoms with Crippen LogP contribution in [0.15, 0.2) is 48.0 Å². The van der Waals surface area contributed by atoms with Crippen molar-refractivity contribution in [1.82, 2.24) is 9.03 Å². The van der Waals surface area contributed by atoms with Gasteiger partial charge in [-0.15, -0.1) is 0 Å². The molecule has 0 spiro atoms. The molecule has 3 atom stereocenters. The van der Waals surface area contributed by atoms with E-state index in [4.69, 9.17) is 16.3 Å². The Morgan fingerprint density at radius 2 is 2.03 bits per heavy atom. The van der Waals surface area contributed by atoms with Gasteiger partial charge in [0.1, 0.15) is 5.75 Å². The van der Waals surface area contributed by atoms with Crippen molar-refractivity contribution in [1.29, 1.82) is 0 Å². The average Bonchev–Trinajstić information content (AvgIpc) is 3.00. The Hall–Kier alpha value is -1.66. The van der Waals surface area contributed by atoms with Crippen LogP contribution in [0.5, 0.6) is 5.75 Å². The minimum Gasteiger partial charge on any atom is -0.491 e. The molecule has 2 unspecified atom stereocenters. The first kappa shape index (κ1) is 27.9. The minimum atomic E-state index is 0.313. The van der Waals surface area contributed by atoms with Gasteiger partial charge in [0.15, 0.2) is 0 Å². The average molecular weight is 554 g/mol. The lowest BCUT2D eigenvalue weighted by atomic mass is 9.73. The zero-order valence-electron chi connectivity index (χ0n) is 23.5. The van der Waals surface area contributed by atoms with Gasteiger partial charge in [-0.05, 0) is 86.0 Å². The van der Waals surface area contributed by atoms with Crippen molar-refractivity contribution in [2.24, 2.45) is 11.8 Å². The number of fused-ring (bicyclic) bond motifs is 1. The monoisotopic (exact) mass is 553 g/mol. The molecule has 1 heterocycles. The van der Waals surface area contributed by atoms with E-state index in [0.717, 1.165) is 42.6 Å². The first-order chi connectivity index (χ1) is 18.4. The molecule has 38 heavy (non-hydrogen) atoms. The zero-order chi connectivity index (χ0) is 26.6. The lowest BCUT2D eigenvalue weighted by Gasteiger charge is -2.37. The predicted octanol–water partition coefficient (Wildman–Crippen LogP) is 8.01. The van der Waals surface area contributed by atoms with Crippen molar-refractivity contribution < 1.29 is 4.74 Å². The fourth-order valence-electron chi connectivity index (χ4n) is 6.08. The maximum absolute atomic E-state index is 6.35. The van der Waals surface area contributed by atoms with Gasteiger partial charge in [0.05, 0.1) is 12.3 Å². The first-order valence-electron chi connectivity index (χ1n) is 14.5. The summed E-state index contributed by atoms with van der Waals surface area (Å²) in [6.07, 6.45) is 11.7. The fraction of sp³-hybridized carbons (Fsp3) is 0.562. The molecule has 0 aromatic heterocycles. The van der Waals surface area contributed by atoms with Crippen molar-refractivity contribution in [2.45, 2.75) is 77.3 Å². The van der Waals surface area contributed by atoms with Gasteiger partial charge in [0.25, 0.3) is 0 Å². The second-order valence-electron chi connectivity index (χ2n) is 11.7. The number of benzene rings is 2. The van der Waals surface area contributed by atoms with Crippen molar-refractivity contribution >= 4 is 29.4 Å². The van der Waals surface area contributed by atoms with Gasteiger partial charge in [0, 0.05) is 49.3 Å². The van der Waals surface area contributed by atoms with E-state index >= 15 is 0 Å². The number of nitrogens with zero attached hydrogens (tertiary/aromatic N) is 2. The maximum Gasteiger partial charge on any atom is 0.142 e. The number of ether oxygens (including phenoxy) is 1. The van der Waals surface area contributed by atoms with Gasteiger partial charge in [0.2, 0.25) is 0 Å². The highest BCUT2D eigenvalue weighted by atomic mass is 35.5. The molecule has 0 saturated heterocycles. The van der Waals surface area contributed by atoms with Crippen LogP contribution < -0.4 is 14.4 Å². The number of hydrogen-bond acceptors (Lipinski definition) is 5. The van der Waals surface area contributed by atoms with E-state index in [1.54, 1.807) is 17.7 Å². The summed E-state index contributed by atoms with van der Waals surface area (Å²) in [7, 11) is 4.39. The van der Waals surface area contributed by atoms with Crippen molar-refractivity contribution in [3.8, 4) is 5.75 Å². The summed E-state index contributed by atoms with van der Waals surface area (Å²) in [6.45, 7) is 7.00. The Morgan fingerprint density at radius 1 is 1.21 bits per heavy atom. The van der Waals surface area contributed by atoms with Crippen molar-refractivity contribution in [3.05, 3.63) is 69.8 Å². The Morgan fingerprint density at radius 3 is 2.76 bits per heavy atom. The lowest BCUT2D eigenvalue weighted by molar-refractivity contribution is 0.281. The summed E-state index contributed by atoms with van der Waals surface area (Å²) < 4.78 is 12.3. The van der Waals surface area contributed by atoms with Crippen LogP contribution in [0.4, 0.5) is 5.69 Å². The Bertz CT molecular complexity index is 1130. The molecule has 0 amide bonds. The molecule has 4 nitrogen and oxygen atoms in total. The van der Waals surface area contributed by atoms with Crippen LogP contribution in [0.3, 0.4) is 0 Å². The molecule has 2 aromatic rings. The summed E-state index contributed by atoms with van der Waals surface area (Å²) >= 11 is 8.05. The Kier molecular flexibility index (Phi) is 9.30. The van der Waals surface area contributed by atoms with Crippen LogP contribution in [0.1, 0.15) is 75.0 Å². The van der Waals surface area contributed by atoms with E-state index in [1.165, 1.54) is 54.5 Å². The summed E-state index contributed by atoms with van der Waals surface area (Å²) in [6, 6.07) is 13.5. The SMILES string of the molecule is CCCc1cc(Cl)ccc1C1COc2ccc(CNSN(C)C(C)[C@@H]3C=C(CC4CCC4)C3)cc2N(C)C1. The summed E-state index contributed by atoms with van der Waals surface area (Å²) in [5, 5.41) is 0.816. The zero-order valence-corrected chi connectivity index (χ0v) is 25.1. The van der Waals surface area contributed by atoms with Gasteiger partial charge < -0.3 is 9.64 Å². The second-order valence-corrected chi connectivity index (χ2v) is 13.2. The highest BCUT2D eigenvalue weighted by Gasteiger charge is 2.30. The molecule has 0 bridgehead atoms. The van der Waals surface area contributed by atoms with E-state index in [9.17, 15) is 0 Å². The molecule has 0 radical (unpaired) electrons. The maximum atomic E-state index is 6.35. The largest absolute Gasteiger partial charge is 0.491 e. The van der Waals surface area contributed by atoms with E-state index < -0.39 is 0 Å². The van der Waals surface area contributed by atoms with Crippen LogP contribution >= 0.6 is 23.7 Å². The molecular weight excluding hydrogens is 510 g/mol. The molecular formula is C32H44ClN3OS. The lowest BCUT2D eigenvalue weighted by Crippen LogP contribution is -2.35. The summed E-state index contributed by atoms with van der Waals surface area (Å²) in [5.41, 5.74) is 6.86. The molecule has 1 N–H and O–H groups in total. The number of anilines is 1. The molecule has 3 aliphatic rings. The summed E-state index contributed by atoms with van der Waals surface area (Å²) in [5.74, 6) is 2.96. The number of halogens is 1. The molecule has 5 rings (SSSR count). The van der Waals surface area contributed by atoms with E-state index in [2.05, 4.69) is 78.3 Å². The van der Waals surface area contributed by atoms with E-state index in [1.807, 2.05) is 6.07 Å². The third kappa shape index (κ3) is 6.55. The number of rotatable bonds is 11. The highest BCUT2D eigenvalue weighted by Crippen LogP contribution is 2.40. The van der Waals surface area contributed by atoms with Gasteiger partial charge in [-0.1, -0.05) is 68.0 Å². The van der Waals surface area contributed by atoms with E-state index in [-0.39, 0.29) is 0 Å². The Labute approximate surface area is 239 Å². The van der Waals surface area contributed by atoms with Crippen LogP contribution in [0.2, 0.25) is 5.02 Å². The van der Waals surface area contributed by atoms with Crippen LogP contribution in [-0.2, 0) is 13.0 Å². The topological polar surface area (TPSA) is 27.7 Å². The molecule has 6 heteroatoms. The molecule has 206 valence electrons. The smallest absolute Gasteiger partial charge is 0.142 e. The molecule has 2 aliphatic carbocycles. The van der Waals surface area contributed by atoms with Gasteiger partial charge in [-0.25, -0.2) is 9.03 Å². The van der Waals surface area contributed by atoms with Gasteiger partial charge in [-0.2, -0.15) is 0 Å². The van der Waals surface area contributed by atoms with Gasteiger partial charge in [-0.3, -0.25) is 0 Å². The van der Waals surface area contributed by atoms with Gasteiger partial charge >= 0.3 is 0 Å². The number of nitrogens with one attached hydrogen (secondary N) is 1. The number of hydrogen-bond donors (Lipinski definition) is 1. The molecule has 1 saturated carbocycles. The normalized spacial score (nSPS) is 22.2.